The predicted molar refractivity (Wildman–Crippen MR) is 155 cm³/mol. The quantitative estimate of drug-likeness (QED) is 0.270. The third-order valence-corrected chi connectivity index (χ3v) is 7.15. The van der Waals surface area contributed by atoms with Crippen LogP contribution >= 0.6 is 0 Å². The first-order chi connectivity index (χ1) is 19.1. The summed E-state index contributed by atoms with van der Waals surface area (Å²) in [6.45, 7) is 3.65. The second-order valence-corrected chi connectivity index (χ2v) is 9.87. The summed E-state index contributed by atoms with van der Waals surface area (Å²) >= 11 is 0. The molecule has 8 nitrogen and oxygen atoms in total. The van der Waals surface area contributed by atoms with E-state index in [4.69, 9.17) is 0 Å². The van der Waals surface area contributed by atoms with E-state index in [1.165, 1.54) is 18.4 Å². The average molecular weight is 519 g/mol. The number of anilines is 5. The third kappa shape index (κ3) is 5.61. The van der Waals surface area contributed by atoms with Crippen molar-refractivity contribution in [2.75, 3.05) is 33.9 Å². The Morgan fingerprint density at radius 2 is 1.59 bits per heavy atom. The molecule has 0 saturated carbocycles. The summed E-state index contributed by atoms with van der Waals surface area (Å²) in [5.41, 5.74) is 6.03. The van der Waals surface area contributed by atoms with Crippen molar-refractivity contribution in [2.45, 2.75) is 25.9 Å². The fourth-order valence-electron chi connectivity index (χ4n) is 5.05. The van der Waals surface area contributed by atoms with Crippen LogP contribution in [0.25, 0.3) is 0 Å². The van der Waals surface area contributed by atoms with Crippen molar-refractivity contribution < 1.29 is 9.59 Å². The van der Waals surface area contributed by atoms with E-state index >= 15 is 0 Å². The number of urea groups is 1. The van der Waals surface area contributed by atoms with Gasteiger partial charge in [-0.05, 0) is 86.1 Å². The molecule has 2 aliphatic rings. The Morgan fingerprint density at radius 3 is 2.33 bits per heavy atom. The fourth-order valence-corrected chi connectivity index (χ4v) is 5.05. The van der Waals surface area contributed by atoms with Gasteiger partial charge < -0.3 is 10.6 Å². The minimum Gasteiger partial charge on any atom is -0.355 e. The number of hydrogen-bond donors (Lipinski definition) is 3. The highest BCUT2D eigenvalue weighted by Gasteiger charge is 2.27. The van der Waals surface area contributed by atoms with Gasteiger partial charge in [0.25, 0.3) is 5.91 Å². The van der Waals surface area contributed by atoms with Crippen molar-refractivity contribution in [3.05, 3.63) is 108 Å². The Bertz CT molecular complexity index is 1470. The molecular weight excluding hydrogens is 488 g/mol. The fraction of sp³-hybridized carbons (Fsp3) is 0.194. The van der Waals surface area contributed by atoms with E-state index in [1.54, 1.807) is 23.2 Å². The van der Waals surface area contributed by atoms with Gasteiger partial charge in [-0.3, -0.25) is 19.9 Å². The molecule has 1 saturated heterocycles. The van der Waals surface area contributed by atoms with Crippen LogP contribution < -0.4 is 20.9 Å². The van der Waals surface area contributed by atoms with Gasteiger partial charge >= 0.3 is 6.03 Å². The van der Waals surface area contributed by atoms with Crippen molar-refractivity contribution in [3.63, 3.8) is 0 Å². The number of hydrogen-bond acceptors (Lipinski definition) is 5. The number of aromatic nitrogens is 1. The van der Waals surface area contributed by atoms with Crippen molar-refractivity contribution in [2.24, 2.45) is 0 Å². The van der Waals surface area contributed by atoms with Crippen LogP contribution in [0.5, 0.6) is 0 Å². The number of amides is 3. The highest BCUT2D eigenvalue weighted by Crippen LogP contribution is 2.33. The number of carbonyl (C=O) groups is 2. The maximum absolute atomic E-state index is 12.9. The summed E-state index contributed by atoms with van der Waals surface area (Å²) < 4.78 is 0. The molecule has 0 unspecified atom stereocenters. The van der Waals surface area contributed by atoms with Crippen LogP contribution in [-0.2, 0) is 13.1 Å². The Morgan fingerprint density at radius 1 is 0.872 bits per heavy atom. The van der Waals surface area contributed by atoms with Crippen LogP contribution in [0.4, 0.5) is 33.4 Å². The highest BCUT2D eigenvalue weighted by atomic mass is 16.2. The number of pyridine rings is 1. The zero-order valence-electron chi connectivity index (χ0n) is 21.6. The first-order valence-corrected chi connectivity index (χ1v) is 13.2. The minimum absolute atomic E-state index is 0.153. The van der Waals surface area contributed by atoms with Gasteiger partial charge in [-0.2, -0.15) is 0 Å². The molecule has 0 radical (unpaired) electrons. The number of fused-ring (bicyclic) bond motifs is 1. The SMILES string of the molecule is O=C(Nc1ccc(Nc2ccnc3c2CN(c2ccc(CN4CCCC4)cc2)C(=O)N3)cc1)c1ccccc1. The zero-order valence-corrected chi connectivity index (χ0v) is 21.6. The lowest BCUT2D eigenvalue weighted by Crippen LogP contribution is -2.39. The smallest absolute Gasteiger partial charge is 0.327 e. The first kappa shape index (κ1) is 24.6. The van der Waals surface area contributed by atoms with E-state index in [0.29, 0.717) is 23.6 Å². The molecule has 3 amide bonds. The molecule has 196 valence electrons. The van der Waals surface area contributed by atoms with Crippen LogP contribution in [0.15, 0.2) is 91.1 Å². The lowest BCUT2D eigenvalue weighted by molar-refractivity contribution is 0.102. The van der Waals surface area contributed by atoms with Crippen molar-refractivity contribution in [1.82, 2.24) is 9.88 Å². The summed E-state index contributed by atoms with van der Waals surface area (Å²) in [5.74, 6) is 0.401. The number of benzene rings is 3. The maximum atomic E-state index is 12.9. The van der Waals surface area contributed by atoms with Crippen LogP contribution in [0.1, 0.15) is 34.3 Å². The summed E-state index contributed by atoms with van der Waals surface area (Å²) in [5, 5.41) is 9.30. The Balaban J connectivity index is 1.15. The van der Waals surface area contributed by atoms with Crippen LogP contribution in [0, 0.1) is 0 Å². The van der Waals surface area contributed by atoms with Crippen molar-refractivity contribution in [1.29, 1.82) is 0 Å². The maximum Gasteiger partial charge on any atom is 0.327 e. The molecule has 0 bridgehead atoms. The minimum atomic E-state index is -0.196. The predicted octanol–water partition coefficient (Wildman–Crippen LogP) is 6.23. The molecule has 1 aromatic heterocycles. The molecule has 3 aromatic carbocycles. The number of carbonyl (C=O) groups excluding carboxylic acids is 2. The topological polar surface area (TPSA) is 89.6 Å². The van der Waals surface area contributed by atoms with E-state index in [9.17, 15) is 9.59 Å². The van der Waals surface area contributed by atoms with E-state index in [-0.39, 0.29) is 11.9 Å². The third-order valence-electron chi connectivity index (χ3n) is 7.15. The van der Waals surface area contributed by atoms with Gasteiger partial charge in [0.2, 0.25) is 0 Å². The Labute approximate surface area is 227 Å². The normalized spacial score (nSPS) is 15.0. The molecule has 39 heavy (non-hydrogen) atoms. The molecule has 1 fully saturated rings. The first-order valence-electron chi connectivity index (χ1n) is 13.2. The van der Waals surface area contributed by atoms with E-state index < -0.39 is 0 Å². The van der Waals surface area contributed by atoms with Gasteiger partial charge in [0, 0.05) is 46.6 Å². The summed E-state index contributed by atoms with van der Waals surface area (Å²) in [6, 6.07) is 26.6. The largest absolute Gasteiger partial charge is 0.355 e. The van der Waals surface area contributed by atoms with Gasteiger partial charge in [0.1, 0.15) is 5.82 Å². The summed E-state index contributed by atoms with van der Waals surface area (Å²) in [6.07, 6.45) is 4.22. The van der Waals surface area contributed by atoms with Gasteiger partial charge in [-0.15, -0.1) is 0 Å². The highest BCUT2D eigenvalue weighted by molar-refractivity contribution is 6.05. The number of likely N-dealkylation sites (tertiary alicyclic amines) is 1. The van der Waals surface area contributed by atoms with Crippen LogP contribution in [0.3, 0.4) is 0 Å². The van der Waals surface area contributed by atoms with E-state index in [1.807, 2.05) is 60.7 Å². The van der Waals surface area contributed by atoms with Crippen LogP contribution in [-0.4, -0.2) is 34.9 Å². The van der Waals surface area contributed by atoms with Crippen molar-refractivity contribution in [3.8, 4) is 0 Å². The lowest BCUT2D eigenvalue weighted by atomic mass is 10.1. The van der Waals surface area contributed by atoms with Crippen LogP contribution in [0.2, 0.25) is 0 Å². The van der Waals surface area contributed by atoms with E-state index in [0.717, 1.165) is 42.3 Å². The zero-order chi connectivity index (χ0) is 26.6. The summed E-state index contributed by atoms with van der Waals surface area (Å²) in [4.78, 5) is 34.0. The van der Waals surface area contributed by atoms with Crippen molar-refractivity contribution >= 4 is 40.5 Å². The average Bonchev–Trinajstić information content (AvgIpc) is 3.48. The second-order valence-electron chi connectivity index (χ2n) is 9.87. The number of nitrogens with one attached hydrogen (secondary N) is 3. The molecule has 0 atom stereocenters. The number of rotatable bonds is 7. The molecule has 8 heteroatoms. The molecule has 2 aliphatic heterocycles. The second kappa shape index (κ2) is 11.0. The van der Waals surface area contributed by atoms with Gasteiger partial charge in [-0.25, -0.2) is 9.78 Å². The van der Waals surface area contributed by atoms with Gasteiger partial charge in [-0.1, -0.05) is 30.3 Å². The summed E-state index contributed by atoms with van der Waals surface area (Å²) in [7, 11) is 0. The number of nitrogens with zero attached hydrogens (tertiary/aromatic N) is 3. The molecule has 3 N–H and O–H groups in total. The molecule has 0 aliphatic carbocycles. The van der Waals surface area contributed by atoms with Gasteiger partial charge in [0.15, 0.2) is 0 Å². The Kier molecular flexibility index (Phi) is 6.93. The molecule has 4 aromatic rings. The standard InChI is InChI=1S/C31H30N6O2/c38-30(23-6-2-1-3-7-23)34-25-12-10-24(11-13-25)33-28-16-17-32-29-27(28)21-37(31(39)35-29)26-14-8-22(9-15-26)20-36-18-4-5-19-36/h1-3,6-17H,4-5,18-21H2,(H,34,38)(H2,32,33,35,39). The molecule has 6 rings (SSSR count). The molecule has 3 heterocycles. The molecular formula is C31H30N6O2. The molecule has 0 spiro atoms. The van der Waals surface area contributed by atoms with E-state index in [2.05, 4.69) is 38.0 Å². The lowest BCUT2D eigenvalue weighted by Gasteiger charge is -2.30. The Hall–Kier alpha value is -4.69. The monoisotopic (exact) mass is 518 g/mol. The van der Waals surface area contributed by atoms with Gasteiger partial charge in [0.05, 0.1) is 6.54 Å².